The van der Waals surface area contributed by atoms with Crippen molar-refractivity contribution in [3.63, 3.8) is 0 Å². The molecule has 14 heavy (non-hydrogen) atoms. The van der Waals surface area contributed by atoms with Gasteiger partial charge in [0.1, 0.15) is 0 Å². The van der Waals surface area contributed by atoms with Crippen LogP contribution in [0, 0.1) is 0 Å². The van der Waals surface area contributed by atoms with E-state index in [1.807, 2.05) is 17.9 Å². The standard InChI is InChI=1S/C10H18N2O.ClH/c1-3-4-5-10(13)12-7-6-11-8-9(12)2;/h4-5,9,11H,3,6-8H2,1-2H3;1H/b5-4+;. The van der Waals surface area contributed by atoms with E-state index in [4.69, 9.17) is 0 Å². The molecule has 0 spiro atoms. The summed E-state index contributed by atoms with van der Waals surface area (Å²) in [5.74, 6) is 0.149. The van der Waals surface area contributed by atoms with Gasteiger partial charge in [-0.3, -0.25) is 4.79 Å². The van der Waals surface area contributed by atoms with E-state index in [-0.39, 0.29) is 18.3 Å². The fourth-order valence-corrected chi connectivity index (χ4v) is 1.48. The molecule has 1 saturated heterocycles. The average Bonchev–Trinajstić information content (AvgIpc) is 2.15. The van der Waals surface area contributed by atoms with Crippen LogP contribution in [0.1, 0.15) is 20.3 Å². The zero-order valence-corrected chi connectivity index (χ0v) is 9.64. The van der Waals surface area contributed by atoms with Crippen LogP contribution in [0.3, 0.4) is 0 Å². The molecule has 0 aliphatic carbocycles. The number of halogens is 1. The second-order valence-corrected chi connectivity index (χ2v) is 3.40. The first kappa shape index (κ1) is 13.5. The number of nitrogens with one attached hydrogen (secondary N) is 1. The van der Waals surface area contributed by atoms with Crippen LogP contribution in [0.25, 0.3) is 0 Å². The predicted octanol–water partition coefficient (Wildman–Crippen LogP) is 1.19. The lowest BCUT2D eigenvalue weighted by atomic mass is 10.2. The second kappa shape index (κ2) is 6.85. The van der Waals surface area contributed by atoms with Crippen molar-refractivity contribution < 1.29 is 4.79 Å². The van der Waals surface area contributed by atoms with Crippen molar-refractivity contribution in [2.45, 2.75) is 26.3 Å². The number of allylic oxidation sites excluding steroid dienone is 1. The Bertz CT molecular complexity index is 206. The maximum atomic E-state index is 11.6. The van der Waals surface area contributed by atoms with Gasteiger partial charge in [0.15, 0.2) is 0 Å². The summed E-state index contributed by atoms with van der Waals surface area (Å²) in [5, 5.41) is 3.26. The van der Waals surface area contributed by atoms with E-state index >= 15 is 0 Å². The fourth-order valence-electron chi connectivity index (χ4n) is 1.48. The molecule has 0 aromatic rings. The van der Waals surface area contributed by atoms with Gasteiger partial charge in [-0.25, -0.2) is 0 Å². The minimum absolute atomic E-state index is 0. The smallest absolute Gasteiger partial charge is 0.246 e. The molecule has 1 unspecified atom stereocenters. The summed E-state index contributed by atoms with van der Waals surface area (Å²) in [6, 6.07) is 0.322. The van der Waals surface area contributed by atoms with Crippen molar-refractivity contribution in [3.8, 4) is 0 Å². The Hall–Kier alpha value is -0.540. The van der Waals surface area contributed by atoms with E-state index in [0.717, 1.165) is 26.1 Å². The number of carbonyl (C=O) groups is 1. The average molecular weight is 219 g/mol. The third kappa shape index (κ3) is 3.68. The Balaban J connectivity index is 0.00000169. The molecule has 1 aliphatic heterocycles. The molecule has 4 heteroatoms. The number of piperazine rings is 1. The van der Waals surface area contributed by atoms with Gasteiger partial charge < -0.3 is 10.2 Å². The molecule has 1 heterocycles. The second-order valence-electron chi connectivity index (χ2n) is 3.40. The lowest BCUT2D eigenvalue weighted by Gasteiger charge is -2.33. The van der Waals surface area contributed by atoms with Gasteiger partial charge in [0.2, 0.25) is 5.91 Å². The summed E-state index contributed by atoms with van der Waals surface area (Å²) in [5.41, 5.74) is 0. The van der Waals surface area contributed by atoms with E-state index in [0.29, 0.717) is 6.04 Å². The van der Waals surface area contributed by atoms with Crippen LogP contribution >= 0.6 is 12.4 Å². The third-order valence-electron chi connectivity index (χ3n) is 2.28. The van der Waals surface area contributed by atoms with Crippen LogP contribution in [0.15, 0.2) is 12.2 Å². The molecule has 0 saturated carbocycles. The number of hydrogen-bond donors (Lipinski definition) is 1. The highest BCUT2D eigenvalue weighted by molar-refractivity contribution is 5.87. The van der Waals surface area contributed by atoms with Gasteiger partial charge >= 0.3 is 0 Å². The Morgan fingerprint density at radius 1 is 1.64 bits per heavy atom. The minimum atomic E-state index is 0. The van der Waals surface area contributed by atoms with Gasteiger partial charge in [0.05, 0.1) is 0 Å². The zero-order chi connectivity index (χ0) is 9.68. The molecular weight excluding hydrogens is 200 g/mol. The van der Waals surface area contributed by atoms with Crippen LogP contribution in [0.4, 0.5) is 0 Å². The summed E-state index contributed by atoms with van der Waals surface area (Å²) in [6.45, 7) is 6.75. The molecule has 1 amide bonds. The van der Waals surface area contributed by atoms with E-state index in [1.165, 1.54) is 0 Å². The molecule has 1 atom stereocenters. The van der Waals surface area contributed by atoms with Gasteiger partial charge in [-0.2, -0.15) is 0 Å². The largest absolute Gasteiger partial charge is 0.334 e. The van der Waals surface area contributed by atoms with Crippen LogP contribution in [-0.4, -0.2) is 36.5 Å². The number of rotatable bonds is 2. The van der Waals surface area contributed by atoms with Gasteiger partial charge in [-0.1, -0.05) is 13.0 Å². The molecule has 1 fully saturated rings. The highest BCUT2D eigenvalue weighted by atomic mass is 35.5. The summed E-state index contributed by atoms with van der Waals surface area (Å²) in [7, 11) is 0. The Labute approximate surface area is 92.0 Å². The molecule has 0 radical (unpaired) electrons. The van der Waals surface area contributed by atoms with Crippen molar-refractivity contribution in [3.05, 3.63) is 12.2 Å². The monoisotopic (exact) mass is 218 g/mol. The van der Waals surface area contributed by atoms with Crippen LogP contribution in [0.5, 0.6) is 0 Å². The number of carbonyl (C=O) groups excluding carboxylic acids is 1. The number of hydrogen-bond acceptors (Lipinski definition) is 2. The van der Waals surface area contributed by atoms with Crippen molar-refractivity contribution in [1.29, 1.82) is 0 Å². The third-order valence-corrected chi connectivity index (χ3v) is 2.28. The molecule has 1 N–H and O–H groups in total. The highest BCUT2D eigenvalue weighted by Gasteiger charge is 2.20. The van der Waals surface area contributed by atoms with Crippen molar-refractivity contribution in [2.75, 3.05) is 19.6 Å². The Morgan fingerprint density at radius 3 is 2.93 bits per heavy atom. The molecule has 0 aromatic carbocycles. The van der Waals surface area contributed by atoms with E-state index in [1.54, 1.807) is 6.08 Å². The first-order valence-electron chi connectivity index (χ1n) is 4.93. The van der Waals surface area contributed by atoms with Gasteiger partial charge in [-0.15, -0.1) is 12.4 Å². The summed E-state index contributed by atoms with van der Waals surface area (Å²) < 4.78 is 0. The lowest BCUT2D eigenvalue weighted by molar-refractivity contribution is -0.128. The molecule has 1 aliphatic rings. The predicted molar refractivity (Wildman–Crippen MR) is 60.7 cm³/mol. The quantitative estimate of drug-likeness (QED) is 0.707. The summed E-state index contributed by atoms with van der Waals surface area (Å²) in [4.78, 5) is 13.5. The Kier molecular flexibility index (Phi) is 6.58. The van der Waals surface area contributed by atoms with Crippen LogP contribution < -0.4 is 5.32 Å². The fraction of sp³-hybridized carbons (Fsp3) is 0.700. The van der Waals surface area contributed by atoms with E-state index < -0.39 is 0 Å². The van der Waals surface area contributed by atoms with Crippen LogP contribution in [0.2, 0.25) is 0 Å². The first-order valence-corrected chi connectivity index (χ1v) is 4.93. The maximum Gasteiger partial charge on any atom is 0.246 e. The van der Waals surface area contributed by atoms with Gasteiger partial charge in [0.25, 0.3) is 0 Å². The number of amides is 1. The molecule has 1 rings (SSSR count). The molecule has 82 valence electrons. The summed E-state index contributed by atoms with van der Waals surface area (Å²) in [6.07, 6.45) is 4.52. The van der Waals surface area contributed by atoms with Gasteiger partial charge in [-0.05, 0) is 19.4 Å². The zero-order valence-electron chi connectivity index (χ0n) is 8.82. The van der Waals surface area contributed by atoms with E-state index in [2.05, 4.69) is 12.2 Å². The van der Waals surface area contributed by atoms with Crippen molar-refractivity contribution in [1.82, 2.24) is 10.2 Å². The molecule has 3 nitrogen and oxygen atoms in total. The SMILES string of the molecule is CC/C=C/C(=O)N1CCNCC1C.Cl. The van der Waals surface area contributed by atoms with E-state index in [9.17, 15) is 4.79 Å². The molecule has 0 bridgehead atoms. The van der Waals surface area contributed by atoms with Crippen molar-refractivity contribution in [2.24, 2.45) is 0 Å². The van der Waals surface area contributed by atoms with Crippen LogP contribution in [-0.2, 0) is 4.79 Å². The normalized spacial score (nSPS) is 22.1. The van der Waals surface area contributed by atoms with Gasteiger partial charge in [0, 0.05) is 25.7 Å². The first-order chi connectivity index (χ1) is 6.25. The minimum Gasteiger partial charge on any atom is -0.334 e. The highest BCUT2D eigenvalue weighted by Crippen LogP contribution is 2.03. The maximum absolute atomic E-state index is 11.6. The summed E-state index contributed by atoms with van der Waals surface area (Å²) >= 11 is 0. The number of nitrogens with zero attached hydrogens (tertiary/aromatic N) is 1. The Morgan fingerprint density at radius 2 is 2.36 bits per heavy atom. The molecular formula is C10H19ClN2O. The molecule has 0 aromatic heterocycles. The lowest BCUT2D eigenvalue weighted by Crippen LogP contribution is -2.51. The topological polar surface area (TPSA) is 32.3 Å². The van der Waals surface area contributed by atoms with Crippen molar-refractivity contribution >= 4 is 18.3 Å².